The number of hydrogen-bond donors (Lipinski definition) is 2. The Morgan fingerprint density at radius 2 is 2.11 bits per heavy atom. The van der Waals surface area contributed by atoms with E-state index in [4.69, 9.17) is 11.0 Å². The Morgan fingerprint density at radius 1 is 1.32 bits per heavy atom. The van der Waals surface area contributed by atoms with Crippen LogP contribution in [-0.2, 0) is 6.42 Å². The topological polar surface area (TPSA) is 65.1 Å². The summed E-state index contributed by atoms with van der Waals surface area (Å²) in [5, 5.41) is 12.1. The molecule has 1 aliphatic heterocycles. The van der Waals surface area contributed by atoms with Gasteiger partial charge in [-0.1, -0.05) is 0 Å². The molecule has 1 aromatic rings. The zero-order chi connectivity index (χ0) is 13.5. The van der Waals surface area contributed by atoms with Gasteiger partial charge in [0.15, 0.2) is 0 Å². The van der Waals surface area contributed by atoms with Crippen LogP contribution in [0.1, 0.15) is 24.8 Å². The first-order chi connectivity index (χ1) is 9.29. The average Bonchev–Trinajstić information content (AvgIpc) is 2.92. The Bertz CT molecular complexity index is 444. The molecule has 4 heteroatoms. The van der Waals surface area contributed by atoms with E-state index in [1.54, 1.807) is 0 Å². The Morgan fingerprint density at radius 3 is 2.84 bits per heavy atom. The van der Waals surface area contributed by atoms with Crippen molar-refractivity contribution in [3.63, 3.8) is 0 Å². The Kier molecular flexibility index (Phi) is 5.05. The lowest BCUT2D eigenvalue weighted by molar-refractivity contribution is 0.337. The molecule has 0 aliphatic carbocycles. The predicted molar refractivity (Wildman–Crippen MR) is 79.0 cm³/mol. The minimum Gasteiger partial charge on any atom is -0.398 e. The Balaban J connectivity index is 1.76. The first-order valence-corrected chi connectivity index (χ1v) is 7.01. The molecule has 0 spiro atoms. The number of nitrogens with zero attached hydrogens (tertiary/aromatic N) is 2. The van der Waals surface area contributed by atoms with Crippen molar-refractivity contribution in [1.29, 1.82) is 5.26 Å². The largest absolute Gasteiger partial charge is 0.398 e. The van der Waals surface area contributed by atoms with Crippen LogP contribution in [0.3, 0.4) is 0 Å². The maximum absolute atomic E-state index is 8.74. The Labute approximate surface area is 115 Å². The lowest BCUT2D eigenvalue weighted by atomic mass is 10.1. The number of nitrogens with one attached hydrogen (secondary N) is 1. The molecule has 1 saturated heterocycles. The Hall–Kier alpha value is -1.73. The summed E-state index contributed by atoms with van der Waals surface area (Å²) >= 11 is 0. The number of rotatable bonds is 6. The van der Waals surface area contributed by atoms with Crippen molar-refractivity contribution < 1.29 is 0 Å². The van der Waals surface area contributed by atoms with Crippen LogP contribution >= 0.6 is 0 Å². The van der Waals surface area contributed by atoms with E-state index >= 15 is 0 Å². The van der Waals surface area contributed by atoms with E-state index in [9.17, 15) is 0 Å². The number of benzene rings is 1. The second-order valence-electron chi connectivity index (χ2n) is 5.08. The fraction of sp³-hybridized carbons (Fsp3) is 0.533. The van der Waals surface area contributed by atoms with Gasteiger partial charge in [0.25, 0.3) is 0 Å². The van der Waals surface area contributed by atoms with Crippen LogP contribution in [0.4, 0.5) is 11.4 Å². The van der Waals surface area contributed by atoms with Crippen LogP contribution < -0.4 is 11.1 Å². The van der Waals surface area contributed by atoms with Crippen molar-refractivity contribution in [2.24, 2.45) is 0 Å². The maximum Gasteiger partial charge on any atom is 0.0670 e. The minimum atomic E-state index is 0.370. The summed E-state index contributed by atoms with van der Waals surface area (Å²) in [7, 11) is 0. The summed E-state index contributed by atoms with van der Waals surface area (Å²) in [6, 6.07) is 7.97. The van der Waals surface area contributed by atoms with Crippen LogP contribution in [0.2, 0.25) is 0 Å². The quantitative estimate of drug-likeness (QED) is 0.606. The predicted octanol–water partition coefficient (Wildman–Crippen LogP) is 2.23. The van der Waals surface area contributed by atoms with E-state index in [1.807, 2.05) is 18.2 Å². The molecule has 0 bridgehead atoms. The molecule has 0 radical (unpaired) electrons. The molecule has 1 aromatic carbocycles. The molecule has 4 nitrogen and oxygen atoms in total. The molecule has 0 aromatic heterocycles. The van der Waals surface area contributed by atoms with Gasteiger partial charge in [0, 0.05) is 17.9 Å². The average molecular weight is 258 g/mol. The molecular weight excluding hydrogens is 236 g/mol. The third-order valence-electron chi connectivity index (χ3n) is 3.59. The molecule has 0 unspecified atom stereocenters. The molecule has 102 valence electrons. The van der Waals surface area contributed by atoms with Crippen molar-refractivity contribution in [2.45, 2.75) is 25.7 Å². The zero-order valence-electron chi connectivity index (χ0n) is 11.4. The lowest BCUT2D eigenvalue weighted by Gasteiger charge is -2.15. The molecule has 0 saturated carbocycles. The number of nitriles is 1. The molecule has 0 amide bonds. The molecular formula is C15H22N4. The second kappa shape index (κ2) is 7.01. The monoisotopic (exact) mass is 258 g/mol. The van der Waals surface area contributed by atoms with E-state index in [2.05, 4.69) is 16.3 Å². The highest BCUT2D eigenvalue weighted by molar-refractivity contribution is 5.57. The number of anilines is 2. The third kappa shape index (κ3) is 4.15. The molecule has 0 atom stereocenters. The van der Waals surface area contributed by atoms with Crippen molar-refractivity contribution in [1.82, 2.24) is 4.90 Å². The van der Waals surface area contributed by atoms with Crippen LogP contribution in [0.25, 0.3) is 0 Å². The maximum atomic E-state index is 8.74. The number of hydrogen-bond acceptors (Lipinski definition) is 4. The summed E-state index contributed by atoms with van der Waals surface area (Å²) in [4.78, 5) is 2.52. The smallest absolute Gasteiger partial charge is 0.0670 e. The van der Waals surface area contributed by atoms with Gasteiger partial charge >= 0.3 is 0 Å². The SMILES string of the molecule is N#CCc1cc(NCCCN2CCCC2)ccc1N. The van der Waals surface area contributed by atoms with Crippen LogP contribution in [0.15, 0.2) is 18.2 Å². The normalized spacial score (nSPS) is 15.3. The van der Waals surface area contributed by atoms with Crippen molar-refractivity contribution >= 4 is 11.4 Å². The molecule has 3 N–H and O–H groups in total. The van der Waals surface area contributed by atoms with Gasteiger partial charge < -0.3 is 16.0 Å². The fourth-order valence-electron chi connectivity index (χ4n) is 2.50. The van der Waals surface area contributed by atoms with E-state index in [-0.39, 0.29) is 0 Å². The summed E-state index contributed by atoms with van der Waals surface area (Å²) < 4.78 is 0. The standard InChI is InChI=1S/C15H22N4/c16-7-6-13-12-14(4-5-15(13)17)18-8-3-11-19-9-1-2-10-19/h4-5,12,18H,1-3,6,8-11,17H2. The van der Waals surface area contributed by atoms with E-state index < -0.39 is 0 Å². The fourth-order valence-corrected chi connectivity index (χ4v) is 2.50. The first kappa shape index (κ1) is 13.7. The van der Waals surface area contributed by atoms with E-state index in [0.717, 1.165) is 24.2 Å². The van der Waals surface area contributed by atoms with Crippen molar-refractivity contribution in [3.8, 4) is 6.07 Å². The van der Waals surface area contributed by atoms with E-state index in [0.29, 0.717) is 12.1 Å². The van der Waals surface area contributed by atoms with Gasteiger partial charge in [0.2, 0.25) is 0 Å². The zero-order valence-corrected chi connectivity index (χ0v) is 11.4. The molecule has 19 heavy (non-hydrogen) atoms. The number of likely N-dealkylation sites (tertiary alicyclic amines) is 1. The molecule has 2 rings (SSSR count). The highest BCUT2D eigenvalue weighted by Gasteiger charge is 2.10. The summed E-state index contributed by atoms with van der Waals surface area (Å²) in [5.74, 6) is 0. The molecule has 1 aliphatic rings. The first-order valence-electron chi connectivity index (χ1n) is 7.01. The highest BCUT2D eigenvalue weighted by Crippen LogP contribution is 2.18. The van der Waals surface area contributed by atoms with Crippen LogP contribution in [0.5, 0.6) is 0 Å². The summed E-state index contributed by atoms with van der Waals surface area (Å²) in [5.41, 5.74) is 8.49. The van der Waals surface area contributed by atoms with Gasteiger partial charge in [0.05, 0.1) is 12.5 Å². The van der Waals surface area contributed by atoms with Gasteiger partial charge in [0.1, 0.15) is 0 Å². The molecule has 1 fully saturated rings. The lowest BCUT2D eigenvalue weighted by Crippen LogP contribution is -2.22. The molecule has 1 heterocycles. The van der Waals surface area contributed by atoms with Crippen LogP contribution in [0, 0.1) is 11.3 Å². The highest BCUT2D eigenvalue weighted by atomic mass is 15.1. The van der Waals surface area contributed by atoms with Crippen LogP contribution in [-0.4, -0.2) is 31.1 Å². The number of nitrogen functional groups attached to an aromatic ring is 1. The van der Waals surface area contributed by atoms with Gasteiger partial charge in [-0.2, -0.15) is 5.26 Å². The van der Waals surface area contributed by atoms with Gasteiger partial charge in [-0.15, -0.1) is 0 Å². The minimum absolute atomic E-state index is 0.370. The van der Waals surface area contributed by atoms with E-state index in [1.165, 1.54) is 32.5 Å². The van der Waals surface area contributed by atoms with Gasteiger partial charge in [-0.3, -0.25) is 0 Å². The van der Waals surface area contributed by atoms with Gasteiger partial charge in [-0.25, -0.2) is 0 Å². The summed E-state index contributed by atoms with van der Waals surface area (Å²) in [6.45, 7) is 4.65. The van der Waals surface area contributed by atoms with Gasteiger partial charge in [-0.05, 0) is 62.7 Å². The second-order valence-corrected chi connectivity index (χ2v) is 5.08. The third-order valence-corrected chi connectivity index (χ3v) is 3.59. The number of nitrogens with two attached hydrogens (primary N) is 1. The van der Waals surface area contributed by atoms with Crippen molar-refractivity contribution in [3.05, 3.63) is 23.8 Å². The summed E-state index contributed by atoms with van der Waals surface area (Å²) in [6.07, 6.45) is 4.22. The van der Waals surface area contributed by atoms with Crippen molar-refractivity contribution in [2.75, 3.05) is 37.2 Å².